The molecule has 0 aliphatic carbocycles. The fraction of sp³-hybridized carbons (Fsp3) is 0.632. The molecule has 122 valence electrons. The smallest absolute Gasteiger partial charge is 0.223 e. The SMILES string of the molecule is Cc1cccc(CO[C@H]2CCCN(C(=O)CC(C)(C)C)C2)c1. The van der Waals surface area contributed by atoms with Crippen molar-refractivity contribution in [2.45, 2.75) is 59.7 Å². The first-order valence-corrected chi connectivity index (χ1v) is 8.28. The topological polar surface area (TPSA) is 29.5 Å². The standard InChI is InChI=1S/C19H29NO2/c1-15-7-5-8-16(11-15)14-22-17-9-6-10-20(13-17)18(21)12-19(2,3)4/h5,7-8,11,17H,6,9-10,12-14H2,1-4H3/t17-/m0/s1. The third-order valence-corrected chi connectivity index (χ3v) is 3.98. The van der Waals surface area contributed by atoms with Gasteiger partial charge in [-0.1, -0.05) is 50.6 Å². The number of amides is 1. The Bertz CT molecular complexity index is 504. The molecule has 0 N–H and O–H groups in total. The Morgan fingerprint density at radius 2 is 2.14 bits per heavy atom. The van der Waals surface area contributed by atoms with Crippen molar-refractivity contribution >= 4 is 5.91 Å². The summed E-state index contributed by atoms with van der Waals surface area (Å²) >= 11 is 0. The number of ether oxygens (including phenoxy) is 1. The van der Waals surface area contributed by atoms with Crippen LogP contribution in [0, 0.1) is 12.3 Å². The zero-order valence-electron chi connectivity index (χ0n) is 14.4. The van der Waals surface area contributed by atoms with Crippen LogP contribution < -0.4 is 0 Å². The average molecular weight is 303 g/mol. The number of benzene rings is 1. The van der Waals surface area contributed by atoms with E-state index in [1.807, 2.05) is 4.90 Å². The van der Waals surface area contributed by atoms with E-state index >= 15 is 0 Å². The van der Waals surface area contributed by atoms with E-state index in [2.05, 4.69) is 52.0 Å². The minimum absolute atomic E-state index is 0.0481. The van der Waals surface area contributed by atoms with Gasteiger partial charge in [0.05, 0.1) is 12.7 Å². The molecule has 1 aromatic carbocycles. The van der Waals surface area contributed by atoms with Crippen LogP contribution in [0.3, 0.4) is 0 Å². The highest BCUT2D eigenvalue weighted by Gasteiger charge is 2.26. The third kappa shape index (κ3) is 5.45. The zero-order chi connectivity index (χ0) is 16.2. The second-order valence-electron chi connectivity index (χ2n) is 7.64. The Morgan fingerprint density at radius 3 is 2.82 bits per heavy atom. The molecular formula is C19H29NO2. The molecule has 2 rings (SSSR count). The Hall–Kier alpha value is -1.35. The van der Waals surface area contributed by atoms with Crippen molar-refractivity contribution in [3.8, 4) is 0 Å². The molecule has 22 heavy (non-hydrogen) atoms. The van der Waals surface area contributed by atoms with Crippen LogP contribution in [0.25, 0.3) is 0 Å². The van der Waals surface area contributed by atoms with Crippen molar-refractivity contribution < 1.29 is 9.53 Å². The van der Waals surface area contributed by atoms with Crippen molar-refractivity contribution in [3.63, 3.8) is 0 Å². The Balaban J connectivity index is 1.84. The number of likely N-dealkylation sites (tertiary alicyclic amines) is 1. The van der Waals surface area contributed by atoms with Crippen molar-refractivity contribution in [1.29, 1.82) is 0 Å². The second-order valence-corrected chi connectivity index (χ2v) is 7.64. The van der Waals surface area contributed by atoms with Crippen LogP contribution in [-0.2, 0) is 16.1 Å². The predicted octanol–water partition coefficient (Wildman–Crippen LogP) is 3.94. The Labute approximate surface area is 134 Å². The first-order chi connectivity index (χ1) is 10.3. The summed E-state index contributed by atoms with van der Waals surface area (Å²) in [6, 6.07) is 8.41. The fourth-order valence-electron chi connectivity index (χ4n) is 2.88. The number of carbonyl (C=O) groups is 1. The number of hydrogen-bond donors (Lipinski definition) is 0. The molecule has 1 atom stereocenters. The van der Waals surface area contributed by atoms with Gasteiger partial charge in [-0.3, -0.25) is 4.79 Å². The minimum atomic E-state index is 0.0481. The summed E-state index contributed by atoms with van der Waals surface area (Å²) in [6.45, 7) is 10.7. The summed E-state index contributed by atoms with van der Waals surface area (Å²) < 4.78 is 6.04. The van der Waals surface area contributed by atoms with Gasteiger partial charge in [0, 0.05) is 19.5 Å². The zero-order valence-corrected chi connectivity index (χ0v) is 14.4. The molecule has 1 heterocycles. The van der Waals surface area contributed by atoms with Gasteiger partial charge in [-0.25, -0.2) is 0 Å². The first kappa shape index (κ1) is 17.0. The maximum atomic E-state index is 12.3. The van der Waals surface area contributed by atoms with Gasteiger partial charge in [-0.2, -0.15) is 0 Å². The van der Waals surface area contributed by atoms with Crippen molar-refractivity contribution in [3.05, 3.63) is 35.4 Å². The average Bonchev–Trinajstić information content (AvgIpc) is 2.44. The first-order valence-electron chi connectivity index (χ1n) is 8.28. The molecule has 0 aromatic heterocycles. The van der Waals surface area contributed by atoms with Gasteiger partial charge in [0.25, 0.3) is 0 Å². The van der Waals surface area contributed by atoms with Gasteiger partial charge in [0.15, 0.2) is 0 Å². The van der Waals surface area contributed by atoms with E-state index in [0.29, 0.717) is 13.0 Å². The molecule has 3 nitrogen and oxygen atoms in total. The van der Waals surface area contributed by atoms with Gasteiger partial charge in [0.1, 0.15) is 0 Å². The maximum Gasteiger partial charge on any atom is 0.223 e. The van der Waals surface area contributed by atoms with Crippen LogP contribution in [0.5, 0.6) is 0 Å². The van der Waals surface area contributed by atoms with E-state index in [-0.39, 0.29) is 17.4 Å². The molecule has 1 amide bonds. The maximum absolute atomic E-state index is 12.3. The van der Waals surface area contributed by atoms with E-state index in [0.717, 1.165) is 25.9 Å². The summed E-state index contributed by atoms with van der Waals surface area (Å²) in [7, 11) is 0. The minimum Gasteiger partial charge on any atom is -0.372 e. The van der Waals surface area contributed by atoms with Crippen LogP contribution in [0.4, 0.5) is 0 Å². The van der Waals surface area contributed by atoms with E-state index in [4.69, 9.17) is 4.74 Å². The lowest BCUT2D eigenvalue weighted by molar-refractivity contribution is -0.137. The van der Waals surface area contributed by atoms with Gasteiger partial charge >= 0.3 is 0 Å². The third-order valence-electron chi connectivity index (χ3n) is 3.98. The van der Waals surface area contributed by atoms with Crippen LogP contribution >= 0.6 is 0 Å². The fourth-order valence-corrected chi connectivity index (χ4v) is 2.88. The highest BCUT2D eigenvalue weighted by Crippen LogP contribution is 2.22. The van der Waals surface area contributed by atoms with Crippen molar-refractivity contribution in [2.75, 3.05) is 13.1 Å². The summed E-state index contributed by atoms with van der Waals surface area (Å²) in [6.07, 6.45) is 2.86. The summed E-state index contributed by atoms with van der Waals surface area (Å²) in [5.74, 6) is 0.261. The van der Waals surface area contributed by atoms with Crippen LogP contribution in [0.2, 0.25) is 0 Å². The normalized spacial score (nSPS) is 19.3. The van der Waals surface area contributed by atoms with Gasteiger partial charge in [-0.15, -0.1) is 0 Å². The Morgan fingerprint density at radius 1 is 1.36 bits per heavy atom. The molecule has 0 unspecified atom stereocenters. The van der Waals surface area contributed by atoms with E-state index < -0.39 is 0 Å². The number of nitrogens with zero attached hydrogens (tertiary/aromatic N) is 1. The van der Waals surface area contributed by atoms with E-state index in [9.17, 15) is 4.79 Å². The van der Waals surface area contributed by atoms with Crippen LogP contribution in [-0.4, -0.2) is 30.0 Å². The predicted molar refractivity (Wildman–Crippen MR) is 89.6 cm³/mol. The molecule has 1 aromatic rings. The summed E-state index contributed by atoms with van der Waals surface area (Å²) in [5.41, 5.74) is 2.51. The van der Waals surface area contributed by atoms with Crippen LogP contribution in [0.15, 0.2) is 24.3 Å². The molecule has 1 aliphatic heterocycles. The molecule has 3 heteroatoms. The van der Waals surface area contributed by atoms with Gasteiger partial charge in [0.2, 0.25) is 5.91 Å². The number of rotatable bonds is 4. The quantitative estimate of drug-likeness (QED) is 0.843. The van der Waals surface area contributed by atoms with Crippen molar-refractivity contribution in [2.24, 2.45) is 5.41 Å². The lowest BCUT2D eigenvalue weighted by Gasteiger charge is -2.34. The van der Waals surface area contributed by atoms with Gasteiger partial charge in [-0.05, 0) is 30.7 Å². The molecule has 0 saturated carbocycles. The van der Waals surface area contributed by atoms with E-state index in [1.165, 1.54) is 11.1 Å². The highest BCUT2D eigenvalue weighted by molar-refractivity contribution is 5.76. The summed E-state index contributed by atoms with van der Waals surface area (Å²) in [4.78, 5) is 14.3. The molecule has 1 fully saturated rings. The largest absolute Gasteiger partial charge is 0.372 e. The van der Waals surface area contributed by atoms with Gasteiger partial charge < -0.3 is 9.64 Å². The second kappa shape index (κ2) is 7.28. The monoisotopic (exact) mass is 303 g/mol. The lowest BCUT2D eigenvalue weighted by atomic mass is 9.91. The number of carbonyl (C=O) groups excluding carboxylic acids is 1. The van der Waals surface area contributed by atoms with Crippen molar-refractivity contribution in [1.82, 2.24) is 4.90 Å². The van der Waals surface area contributed by atoms with E-state index in [1.54, 1.807) is 0 Å². The summed E-state index contributed by atoms with van der Waals surface area (Å²) in [5, 5.41) is 0. The molecule has 1 aliphatic rings. The number of piperidine rings is 1. The molecule has 0 radical (unpaired) electrons. The molecular weight excluding hydrogens is 274 g/mol. The Kier molecular flexibility index (Phi) is 5.63. The lowest BCUT2D eigenvalue weighted by Crippen LogP contribution is -2.44. The van der Waals surface area contributed by atoms with Crippen LogP contribution in [0.1, 0.15) is 51.2 Å². The molecule has 0 bridgehead atoms. The number of hydrogen-bond acceptors (Lipinski definition) is 2. The molecule has 1 saturated heterocycles. The highest BCUT2D eigenvalue weighted by atomic mass is 16.5. The number of aryl methyl sites for hydroxylation is 1. The molecule has 0 spiro atoms.